The summed E-state index contributed by atoms with van der Waals surface area (Å²) in [4.78, 5) is 28.3. The first-order chi connectivity index (χ1) is 8.12. The molecule has 18 heavy (non-hydrogen) atoms. The number of ether oxygens (including phenoxy) is 1. The standard InChI is InChI=1S/C11H19NO6/c1-11(2,3)18-12(10(15)16)6-7(17-4)5-8(12)9(13)14/h7-8H,5-6H2,1-4H3,(H-,13,14,15,16)/p+1/t7-,8-,12?/m1/s1. The van der Waals surface area contributed by atoms with Gasteiger partial charge in [-0.1, -0.05) is 4.65 Å². The molecule has 104 valence electrons. The van der Waals surface area contributed by atoms with Gasteiger partial charge in [0.25, 0.3) is 0 Å². The Morgan fingerprint density at radius 3 is 2.17 bits per heavy atom. The molecule has 1 rings (SSSR count). The number of hydrogen-bond acceptors (Lipinski definition) is 4. The van der Waals surface area contributed by atoms with Crippen LogP contribution in [0.25, 0.3) is 0 Å². The topological polar surface area (TPSA) is 93.1 Å². The highest BCUT2D eigenvalue weighted by Crippen LogP contribution is 2.33. The Kier molecular flexibility index (Phi) is 3.99. The van der Waals surface area contributed by atoms with Crippen molar-refractivity contribution in [2.75, 3.05) is 13.7 Å². The maximum atomic E-state index is 11.5. The van der Waals surface area contributed by atoms with Gasteiger partial charge in [0, 0.05) is 13.5 Å². The minimum absolute atomic E-state index is 0.0138. The van der Waals surface area contributed by atoms with Crippen LogP contribution in [0.15, 0.2) is 0 Å². The molecule has 2 N–H and O–H groups in total. The summed E-state index contributed by atoms with van der Waals surface area (Å²) in [6.45, 7) is 5.05. The molecule has 7 nitrogen and oxygen atoms in total. The van der Waals surface area contributed by atoms with Gasteiger partial charge in [0.2, 0.25) is 6.04 Å². The van der Waals surface area contributed by atoms with Gasteiger partial charge in [-0.3, -0.25) is 0 Å². The van der Waals surface area contributed by atoms with Gasteiger partial charge in [-0.25, -0.2) is 4.79 Å². The Labute approximate surface area is 105 Å². The molecule has 1 heterocycles. The monoisotopic (exact) mass is 262 g/mol. The minimum atomic E-state index is -1.31. The van der Waals surface area contributed by atoms with Gasteiger partial charge < -0.3 is 14.9 Å². The van der Waals surface area contributed by atoms with E-state index in [0.717, 1.165) is 0 Å². The predicted octanol–water partition coefficient (Wildman–Crippen LogP) is 1.08. The van der Waals surface area contributed by atoms with Crippen molar-refractivity contribution in [2.45, 2.75) is 44.9 Å². The van der Waals surface area contributed by atoms with Crippen LogP contribution in [-0.2, 0) is 14.4 Å². The highest BCUT2D eigenvalue weighted by molar-refractivity contribution is 5.75. The Morgan fingerprint density at radius 2 is 1.83 bits per heavy atom. The zero-order valence-electron chi connectivity index (χ0n) is 11.0. The van der Waals surface area contributed by atoms with Crippen molar-refractivity contribution in [3.05, 3.63) is 0 Å². The van der Waals surface area contributed by atoms with Crippen molar-refractivity contribution in [1.82, 2.24) is 0 Å². The van der Waals surface area contributed by atoms with Crippen molar-refractivity contribution >= 4 is 12.1 Å². The second-order valence-corrected chi connectivity index (χ2v) is 5.41. The third-order valence-corrected chi connectivity index (χ3v) is 2.84. The first kappa shape index (κ1) is 14.9. The summed E-state index contributed by atoms with van der Waals surface area (Å²) in [7, 11) is 1.43. The van der Waals surface area contributed by atoms with Crippen LogP contribution in [0.1, 0.15) is 27.2 Å². The molecule has 0 saturated carbocycles. The van der Waals surface area contributed by atoms with E-state index in [1.807, 2.05) is 0 Å². The molecule has 0 aromatic carbocycles. The fourth-order valence-corrected chi connectivity index (χ4v) is 2.21. The van der Waals surface area contributed by atoms with Crippen molar-refractivity contribution < 1.29 is 34.0 Å². The molecule has 1 saturated heterocycles. The van der Waals surface area contributed by atoms with Crippen molar-refractivity contribution in [1.29, 1.82) is 0 Å². The number of aliphatic carboxylic acids is 1. The molecular formula is C11H20NO6+. The Bertz CT molecular complexity index is 350. The lowest BCUT2D eigenvalue weighted by Gasteiger charge is -2.34. The number of likely N-dealkylation sites (tertiary alicyclic amines) is 1. The van der Waals surface area contributed by atoms with Gasteiger partial charge in [0.05, 0.1) is 0 Å². The number of carboxylic acid groups (broad SMARTS) is 2. The largest absolute Gasteiger partial charge is 0.548 e. The second kappa shape index (κ2) is 4.83. The average Bonchev–Trinajstić information content (AvgIpc) is 2.55. The van der Waals surface area contributed by atoms with Crippen LogP contribution in [0.5, 0.6) is 0 Å². The summed E-state index contributed by atoms with van der Waals surface area (Å²) in [5, 5.41) is 18.6. The molecule has 1 aliphatic heterocycles. The third kappa shape index (κ3) is 2.80. The van der Waals surface area contributed by atoms with Crippen LogP contribution < -0.4 is 0 Å². The number of carboxylic acids is 1. The molecule has 0 aliphatic carbocycles. The van der Waals surface area contributed by atoms with Crippen LogP contribution in [0.4, 0.5) is 4.79 Å². The summed E-state index contributed by atoms with van der Waals surface area (Å²) < 4.78 is 4.14. The average molecular weight is 262 g/mol. The lowest BCUT2D eigenvalue weighted by Crippen LogP contribution is -2.61. The van der Waals surface area contributed by atoms with Gasteiger partial charge in [0.1, 0.15) is 18.2 Å². The SMILES string of the molecule is CO[C@@H]1C[C@H](C(=O)O)[N+](OC(C)(C)C)(C(=O)O)C1. The Hall–Kier alpha value is -1.18. The van der Waals surface area contributed by atoms with Crippen molar-refractivity contribution in [2.24, 2.45) is 0 Å². The summed E-state index contributed by atoms with van der Waals surface area (Å²) in [6.07, 6.45) is -1.63. The van der Waals surface area contributed by atoms with Crippen LogP contribution in [0.2, 0.25) is 0 Å². The van der Waals surface area contributed by atoms with E-state index in [0.29, 0.717) is 0 Å². The summed E-state index contributed by atoms with van der Waals surface area (Å²) >= 11 is 0. The van der Waals surface area contributed by atoms with Gasteiger partial charge in [-0.05, 0) is 20.8 Å². The second-order valence-electron chi connectivity index (χ2n) is 5.41. The first-order valence-electron chi connectivity index (χ1n) is 5.70. The maximum absolute atomic E-state index is 11.5. The molecule has 0 radical (unpaired) electrons. The fourth-order valence-electron chi connectivity index (χ4n) is 2.21. The Morgan fingerprint density at radius 1 is 1.28 bits per heavy atom. The van der Waals surface area contributed by atoms with E-state index in [4.69, 9.17) is 9.57 Å². The molecule has 0 spiro atoms. The molecule has 1 unspecified atom stereocenters. The van der Waals surface area contributed by atoms with E-state index in [1.165, 1.54) is 7.11 Å². The number of carbonyl (C=O) groups is 2. The zero-order chi connectivity index (χ0) is 14.1. The number of amides is 1. The third-order valence-electron chi connectivity index (χ3n) is 2.84. The number of hydroxylamine groups is 3. The van der Waals surface area contributed by atoms with Crippen LogP contribution in [0.3, 0.4) is 0 Å². The number of nitrogens with zero attached hydrogens (tertiary/aromatic N) is 1. The number of methoxy groups -OCH3 is 1. The normalized spacial score (nSPS) is 32.4. The van der Waals surface area contributed by atoms with Crippen molar-refractivity contribution in [3.63, 3.8) is 0 Å². The molecule has 1 amide bonds. The number of hydrogen-bond donors (Lipinski definition) is 2. The molecular weight excluding hydrogens is 242 g/mol. The van der Waals surface area contributed by atoms with Crippen LogP contribution in [-0.4, -0.2) is 58.3 Å². The zero-order valence-corrected chi connectivity index (χ0v) is 11.0. The van der Waals surface area contributed by atoms with Crippen LogP contribution >= 0.6 is 0 Å². The highest BCUT2D eigenvalue weighted by atomic mass is 16.8. The minimum Gasteiger partial charge on any atom is -0.477 e. The lowest BCUT2D eigenvalue weighted by molar-refractivity contribution is -1.06. The number of rotatable bonds is 3. The van der Waals surface area contributed by atoms with E-state index >= 15 is 0 Å². The molecule has 7 heteroatoms. The lowest BCUT2D eigenvalue weighted by atomic mass is 10.2. The van der Waals surface area contributed by atoms with Gasteiger partial charge in [0.15, 0.2) is 0 Å². The fraction of sp³-hybridized carbons (Fsp3) is 0.818. The summed E-state index contributed by atoms with van der Waals surface area (Å²) in [6, 6.07) is -1.16. The Balaban J connectivity index is 3.14. The van der Waals surface area contributed by atoms with E-state index in [-0.39, 0.29) is 13.0 Å². The predicted molar refractivity (Wildman–Crippen MR) is 60.8 cm³/mol. The molecule has 3 atom stereocenters. The maximum Gasteiger partial charge on any atom is 0.548 e. The van der Waals surface area contributed by atoms with Crippen LogP contribution in [0, 0.1) is 0 Å². The van der Waals surface area contributed by atoms with E-state index in [2.05, 4.69) is 0 Å². The van der Waals surface area contributed by atoms with Gasteiger partial charge in [-0.15, -0.1) is 0 Å². The highest BCUT2D eigenvalue weighted by Gasteiger charge is 2.61. The molecule has 0 aromatic heterocycles. The van der Waals surface area contributed by atoms with Crippen molar-refractivity contribution in [3.8, 4) is 0 Å². The first-order valence-corrected chi connectivity index (χ1v) is 5.70. The molecule has 0 bridgehead atoms. The smallest absolute Gasteiger partial charge is 0.477 e. The summed E-state index contributed by atoms with van der Waals surface area (Å²) in [5.74, 6) is -1.19. The van der Waals surface area contributed by atoms with E-state index < -0.39 is 34.5 Å². The molecule has 1 aliphatic rings. The summed E-state index contributed by atoms with van der Waals surface area (Å²) in [5.41, 5.74) is -0.769. The van der Waals surface area contributed by atoms with E-state index in [1.54, 1.807) is 20.8 Å². The molecule has 1 fully saturated rings. The number of quaternary nitrogens is 1. The quantitative estimate of drug-likeness (QED) is 0.739. The van der Waals surface area contributed by atoms with E-state index in [9.17, 15) is 19.8 Å². The van der Waals surface area contributed by atoms with Gasteiger partial charge >= 0.3 is 12.1 Å². The molecule has 0 aromatic rings. The van der Waals surface area contributed by atoms with Gasteiger partial charge in [-0.2, -0.15) is 9.63 Å².